The molecule has 78 valence electrons. The molecule has 0 aliphatic heterocycles. The summed E-state index contributed by atoms with van der Waals surface area (Å²) in [6.07, 6.45) is 0. The van der Waals surface area contributed by atoms with E-state index in [0.29, 0.717) is 17.7 Å². The fourth-order valence-electron chi connectivity index (χ4n) is 0.867. The minimum atomic E-state index is 0.529. The maximum atomic E-state index is 5.11. The van der Waals surface area contributed by atoms with Gasteiger partial charge in [0.15, 0.2) is 0 Å². The first-order valence-electron chi connectivity index (χ1n) is 3.93. The molecule has 1 aromatic rings. The number of ether oxygens (including phenoxy) is 2. The first-order valence-corrected chi connectivity index (χ1v) is 5.00. The maximum Gasteiger partial charge on any atom is 0.235 e. The van der Waals surface area contributed by atoms with Crippen molar-refractivity contribution in [3.8, 4) is 11.8 Å². The van der Waals surface area contributed by atoms with Gasteiger partial charge in [0.1, 0.15) is 3.57 Å². The molecule has 0 radical (unpaired) electrons. The van der Waals surface area contributed by atoms with Crippen LogP contribution < -0.4 is 14.4 Å². The van der Waals surface area contributed by atoms with Crippen molar-refractivity contribution in [1.82, 2.24) is 9.97 Å². The molecule has 5 nitrogen and oxygen atoms in total. The molecule has 1 rings (SSSR count). The topological polar surface area (TPSA) is 47.5 Å². The molecule has 0 N–H and O–H groups in total. The molecule has 0 amide bonds. The molecule has 0 bridgehead atoms. The highest BCUT2D eigenvalue weighted by Gasteiger charge is 2.13. The third-order valence-electron chi connectivity index (χ3n) is 1.57. The lowest BCUT2D eigenvalue weighted by molar-refractivity contribution is 0.366. The summed E-state index contributed by atoms with van der Waals surface area (Å²) in [6, 6.07) is 0. The summed E-state index contributed by atoms with van der Waals surface area (Å²) in [7, 11) is 6.87. The van der Waals surface area contributed by atoms with Crippen LogP contribution in [0.2, 0.25) is 0 Å². The Morgan fingerprint density at radius 1 is 1.07 bits per heavy atom. The minimum Gasteiger partial charge on any atom is -0.480 e. The zero-order valence-corrected chi connectivity index (χ0v) is 10.7. The second-order valence-corrected chi connectivity index (χ2v) is 3.83. The van der Waals surface area contributed by atoms with Crippen molar-refractivity contribution < 1.29 is 9.47 Å². The van der Waals surface area contributed by atoms with Crippen molar-refractivity contribution in [2.75, 3.05) is 33.2 Å². The van der Waals surface area contributed by atoms with Gasteiger partial charge in [0.25, 0.3) is 0 Å². The van der Waals surface area contributed by atoms with Crippen LogP contribution in [0.1, 0.15) is 0 Å². The molecule has 0 aliphatic rings. The molecule has 0 fully saturated rings. The number of rotatable bonds is 3. The van der Waals surface area contributed by atoms with Crippen molar-refractivity contribution in [1.29, 1.82) is 0 Å². The molecular formula is C8H12IN3O2. The highest BCUT2D eigenvalue weighted by molar-refractivity contribution is 14.1. The van der Waals surface area contributed by atoms with Gasteiger partial charge >= 0.3 is 0 Å². The van der Waals surface area contributed by atoms with Gasteiger partial charge in [0, 0.05) is 14.1 Å². The lowest BCUT2D eigenvalue weighted by Crippen LogP contribution is -2.14. The molecule has 0 spiro atoms. The molecule has 0 saturated heterocycles. The summed E-state index contributed by atoms with van der Waals surface area (Å²) in [5.74, 6) is 1.63. The summed E-state index contributed by atoms with van der Waals surface area (Å²) < 4.78 is 11.0. The predicted molar refractivity (Wildman–Crippen MR) is 62.2 cm³/mol. The van der Waals surface area contributed by atoms with Gasteiger partial charge in [0.05, 0.1) is 14.2 Å². The van der Waals surface area contributed by atoms with E-state index < -0.39 is 0 Å². The monoisotopic (exact) mass is 309 g/mol. The van der Waals surface area contributed by atoms with E-state index in [1.165, 1.54) is 0 Å². The van der Waals surface area contributed by atoms with E-state index in [4.69, 9.17) is 9.47 Å². The average Bonchev–Trinajstić information content (AvgIpc) is 2.17. The Morgan fingerprint density at radius 3 is 1.79 bits per heavy atom. The fourth-order valence-corrected chi connectivity index (χ4v) is 1.55. The molecule has 1 heterocycles. The van der Waals surface area contributed by atoms with Crippen molar-refractivity contribution >= 4 is 28.5 Å². The van der Waals surface area contributed by atoms with Crippen LogP contribution in [0.15, 0.2) is 0 Å². The van der Waals surface area contributed by atoms with Gasteiger partial charge < -0.3 is 14.4 Å². The Labute approximate surface area is 96.6 Å². The number of aromatic nitrogens is 2. The van der Waals surface area contributed by atoms with E-state index >= 15 is 0 Å². The zero-order chi connectivity index (χ0) is 10.7. The quantitative estimate of drug-likeness (QED) is 0.784. The first-order chi connectivity index (χ1) is 6.60. The Balaban J connectivity index is 3.25. The van der Waals surface area contributed by atoms with Gasteiger partial charge in [-0.1, -0.05) is 0 Å². The normalized spacial score (nSPS) is 9.79. The number of methoxy groups -OCH3 is 2. The predicted octanol–water partition coefficient (Wildman–Crippen LogP) is 1.16. The van der Waals surface area contributed by atoms with Gasteiger partial charge in [-0.15, -0.1) is 0 Å². The van der Waals surface area contributed by atoms with Gasteiger partial charge in [-0.05, 0) is 22.6 Å². The number of hydrogen-bond donors (Lipinski definition) is 0. The highest BCUT2D eigenvalue weighted by Crippen LogP contribution is 2.28. The van der Waals surface area contributed by atoms with Gasteiger partial charge in [0.2, 0.25) is 17.7 Å². The highest BCUT2D eigenvalue weighted by atomic mass is 127. The van der Waals surface area contributed by atoms with Crippen LogP contribution in [0.5, 0.6) is 11.8 Å². The van der Waals surface area contributed by atoms with Crippen LogP contribution in [0, 0.1) is 3.57 Å². The van der Waals surface area contributed by atoms with Crippen LogP contribution in [-0.4, -0.2) is 38.3 Å². The number of halogens is 1. The van der Waals surface area contributed by atoms with Crippen molar-refractivity contribution in [2.24, 2.45) is 0 Å². The third-order valence-corrected chi connectivity index (χ3v) is 2.49. The Hall–Kier alpha value is -0.790. The van der Waals surface area contributed by atoms with Gasteiger partial charge in [-0.2, -0.15) is 9.97 Å². The van der Waals surface area contributed by atoms with Crippen LogP contribution in [0.3, 0.4) is 0 Å². The second-order valence-electron chi connectivity index (χ2n) is 2.75. The fraction of sp³-hybridized carbons (Fsp3) is 0.500. The Morgan fingerprint density at radius 2 is 1.50 bits per heavy atom. The Kier molecular flexibility index (Phi) is 3.73. The summed E-state index contributed by atoms with van der Waals surface area (Å²) in [5.41, 5.74) is 0. The molecule has 0 atom stereocenters. The summed E-state index contributed by atoms with van der Waals surface area (Å²) in [6.45, 7) is 0. The van der Waals surface area contributed by atoms with Crippen LogP contribution >= 0.6 is 22.6 Å². The Bertz CT molecular complexity index is 305. The van der Waals surface area contributed by atoms with Gasteiger partial charge in [-0.25, -0.2) is 0 Å². The minimum absolute atomic E-state index is 0.529. The molecule has 0 unspecified atom stereocenters. The number of nitrogens with zero attached hydrogens (tertiary/aromatic N) is 3. The first kappa shape index (κ1) is 11.3. The van der Waals surface area contributed by atoms with Crippen LogP contribution in [-0.2, 0) is 0 Å². The molecule has 0 saturated carbocycles. The largest absolute Gasteiger partial charge is 0.480 e. The van der Waals surface area contributed by atoms with Crippen molar-refractivity contribution in [2.45, 2.75) is 0 Å². The summed E-state index contributed by atoms with van der Waals surface area (Å²) in [4.78, 5) is 10.2. The van der Waals surface area contributed by atoms with Crippen LogP contribution in [0.4, 0.5) is 5.95 Å². The van der Waals surface area contributed by atoms with E-state index in [2.05, 4.69) is 32.6 Å². The second kappa shape index (κ2) is 4.63. The molecule has 0 aliphatic carbocycles. The molecule has 1 aromatic heterocycles. The van der Waals surface area contributed by atoms with E-state index in [9.17, 15) is 0 Å². The molecular weight excluding hydrogens is 297 g/mol. The van der Waals surface area contributed by atoms with Crippen LogP contribution in [0.25, 0.3) is 0 Å². The number of anilines is 1. The number of hydrogen-bond acceptors (Lipinski definition) is 5. The van der Waals surface area contributed by atoms with E-state index in [0.717, 1.165) is 3.57 Å². The van der Waals surface area contributed by atoms with Gasteiger partial charge in [-0.3, -0.25) is 0 Å². The van der Waals surface area contributed by atoms with Crippen molar-refractivity contribution in [3.05, 3.63) is 3.57 Å². The maximum absolute atomic E-state index is 5.11. The zero-order valence-electron chi connectivity index (χ0n) is 8.54. The molecule has 6 heteroatoms. The SMILES string of the molecule is COc1nc(N(C)C)nc(OC)c1I. The smallest absolute Gasteiger partial charge is 0.235 e. The van der Waals surface area contributed by atoms with E-state index in [1.807, 2.05) is 14.1 Å². The lowest BCUT2D eigenvalue weighted by atomic mass is 10.6. The van der Waals surface area contributed by atoms with E-state index in [-0.39, 0.29) is 0 Å². The summed E-state index contributed by atoms with van der Waals surface area (Å²) in [5, 5.41) is 0. The summed E-state index contributed by atoms with van der Waals surface area (Å²) >= 11 is 2.09. The van der Waals surface area contributed by atoms with Crippen molar-refractivity contribution in [3.63, 3.8) is 0 Å². The standard InChI is InChI=1S/C8H12IN3O2/c1-12(2)8-10-6(13-3)5(9)7(11-8)14-4/h1-4H3. The average molecular weight is 309 g/mol. The molecule has 0 aromatic carbocycles. The lowest BCUT2D eigenvalue weighted by Gasteiger charge is -2.13. The molecule has 14 heavy (non-hydrogen) atoms. The third kappa shape index (κ3) is 2.17. The van der Waals surface area contributed by atoms with E-state index in [1.54, 1.807) is 19.1 Å².